The number of amides is 3. The Hall–Kier alpha value is -1.99. The highest BCUT2D eigenvalue weighted by atomic mass is 32.1. The third kappa shape index (κ3) is 4.16. The predicted molar refractivity (Wildman–Crippen MR) is 116 cm³/mol. The Labute approximate surface area is 176 Å². The largest absolute Gasteiger partial charge is 0.326 e. The van der Waals surface area contributed by atoms with E-state index in [1.165, 1.54) is 9.60 Å². The van der Waals surface area contributed by atoms with E-state index in [0.29, 0.717) is 24.9 Å². The summed E-state index contributed by atoms with van der Waals surface area (Å²) < 4.78 is 1.22. The number of likely N-dealkylation sites (tertiary alicyclic amines) is 1. The number of piperidine rings is 1. The molecule has 2 saturated heterocycles. The molecule has 3 amide bonds. The number of imide groups is 1. The number of rotatable bonds is 6. The van der Waals surface area contributed by atoms with E-state index in [2.05, 4.69) is 36.2 Å². The summed E-state index contributed by atoms with van der Waals surface area (Å²) in [6.07, 6.45) is 3.75. The molecule has 29 heavy (non-hydrogen) atoms. The van der Waals surface area contributed by atoms with Gasteiger partial charge < -0.3 is 5.32 Å². The quantitative estimate of drug-likeness (QED) is 0.720. The number of hydrogen-bond acceptors (Lipinski definition) is 5. The van der Waals surface area contributed by atoms with Gasteiger partial charge in [0.2, 0.25) is 0 Å². The Morgan fingerprint density at radius 3 is 2.86 bits per heavy atom. The summed E-state index contributed by atoms with van der Waals surface area (Å²) in [7, 11) is 0. The van der Waals surface area contributed by atoms with Gasteiger partial charge in [-0.25, -0.2) is 14.7 Å². The lowest BCUT2D eigenvalue weighted by Gasteiger charge is -2.33. The van der Waals surface area contributed by atoms with Crippen LogP contribution in [-0.4, -0.2) is 52.0 Å². The summed E-state index contributed by atoms with van der Waals surface area (Å²) >= 11 is 1.76. The lowest BCUT2D eigenvalue weighted by molar-refractivity contribution is -0.132. The van der Waals surface area contributed by atoms with Crippen LogP contribution in [0, 0.1) is 5.92 Å². The number of aromatic nitrogens is 1. The van der Waals surface area contributed by atoms with Crippen LogP contribution in [0.4, 0.5) is 4.79 Å². The maximum absolute atomic E-state index is 13.0. The molecule has 1 aromatic carbocycles. The average Bonchev–Trinajstić information content (AvgIpc) is 3.22. The minimum Gasteiger partial charge on any atom is -0.323 e. The fraction of sp³-hybridized carbons (Fsp3) is 0.591. The summed E-state index contributed by atoms with van der Waals surface area (Å²) in [5, 5.41) is 4.10. The van der Waals surface area contributed by atoms with E-state index in [4.69, 9.17) is 4.98 Å². The number of benzene rings is 1. The number of nitrogens with one attached hydrogen (secondary N) is 1. The Kier molecular flexibility index (Phi) is 5.62. The zero-order chi connectivity index (χ0) is 20.6. The highest BCUT2D eigenvalue weighted by Gasteiger charge is 2.47. The minimum absolute atomic E-state index is 0.0924. The van der Waals surface area contributed by atoms with E-state index in [1.807, 2.05) is 19.1 Å². The Balaban J connectivity index is 1.42. The lowest BCUT2D eigenvalue weighted by atomic mass is 9.92. The van der Waals surface area contributed by atoms with Crippen molar-refractivity contribution in [2.75, 3.05) is 19.8 Å². The van der Waals surface area contributed by atoms with E-state index >= 15 is 0 Å². The smallest absolute Gasteiger partial charge is 0.323 e. The molecule has 7 heteroatoms. The number of thiazole rings is 1. The molecule has 4 rings (SSSR count). The first kappa shape index (κ1) is 20.3. The van der Waals surface area contributed by atoms with Crippen molar-refractivity contribution in [3.05, 3.63) is 29.3 Å². The van der Waals surface area contributed by atoms with Gasteiger partial charge in [-0.2, -0.15) is 0 Å². The topological polar surface area (TPSA) is 65.5 Å². The number of hydrogen-bond donors (Lipinski definition) is 1. The molecule has 0 bridgehead atoms. The summed E-state index contributed by atoms with van der Waals surface area (Å²) in [4.78, 5) is 34.0. The van der Waals surface area contributed by atoms with Crippen molar-refractivity contribution in [1.82, 2.24) is 20.1 Å². The summed E-state index contributed by atoms with van der Waals surface area (Å²) in [5.41, 5.74) is 0.281. The molecule has 2 fully saturated rings. The second-order valence-corrected chi connectivity index (χ2v) is 10.1. The van der Waals surface area contributed by atoms with E-state index in [0.717, 1.165) is 42.9 Å². The monoisotopic (exact) mass is 414 g/mol. The molecule has 2 aliphatic heterocycles. The lowest BCUT2D eigenvalue weighted by Crippen LogP contribution is -2.47. The van der Waals surface area contributed by atoms with Crippen molar-refractivity contribution < 1.29 is 9.59 Å². The first-order valence-electron chi connectivity index (χ1n) is 10.6. The van der Waals surface area contributed by atoms with E-state index in [9.17, 15) is 9.59 Å². The number of carbonyl (C=O) groups is 2. The van der Waals surface area contributed by atoms with Crippen molar-refractivity contribution in [3.63, 3.8) is 0 Å². The zero-order valence-corrected chi connectivity index (χ0v) is 18.3. The van der Waals surface area contributed by atoms with Gasteiger partial charge in [0.05, 0.1) is 21.9 Å². The number of nitrogens with zero attached hydrogens (tertiary/aromatic N) is 3. The van der Waals surface area contributed by atoms with Crippen molar-refractivity contribution >= 4 is 33.5 Å². The molecule has 2 aromatic rings. The molecule has 0 radical (unpaired) electrons. The molecule has 3 heterocycles. The van der Waals surface area contributed by atoms with Crippen LogP contribution < -0.4 is 5.32 Å². The minimum atomic E-state index is -0.774. The van der Waals surface area contributed by atoms with Gasteiger partial charge in [-0.15, -0.1) is 11.3 Å². The van der Waals surface area contributed by atoms with Crippen LogP contribution in [0.1, 0.15) is 57.4 Å². The molecule has 156 valence electrons. The van der Waals surface area contributed by atoms with Gasteiger partial charge in [0, 0.05) is 12.5 Å². The molecule has 0 aliphatic carbocycles. The van der Waals surface area contributed by atoms with Crippen molar-refractivity contribution in [2.45, 2.75) is 57.9 Å². The van der Waals surface area contributed by atoms with Gasteiger partial charge in [0.25, 0.3) is 5.91 Å². The number of fused-ring (bicyclic) bond motifs is 1. The fourth-order valence-corrected chi connectivity index (χ4v) is 5.37. The zero-order valence-electron chi connectivity index (χ0n) is 17.5. The predicted octanol–water partition coefficient (Wildman–Crippen LogP) is 4.18. The second kappa shape index (κ2) is 8.03. The molecular weight excluding hydrogens is 384 g/mol. The summed E-state index contributed by atoms with van der Waals surface area (Å²) in [6, 6.07) is 7.98. The SMILES string of the molecule is CC(C)CC[C@]1(C)NC(=O)N(CN2CCC[C@H](c3nc4ccccc4s3)C2)C1=O. The van der Waals surface area contributed by atoms with Gasteiger partial charge in [0.15, 0.2) is 0 Å². The van der Waals surface area contributed by atoms with Crippen LogP contribution in [0.3, 0.4) is 0 Å². The summed E-state index contributed by atoms with van der Waals surface area (Å²) in [5.74, 6) is 0.766. The van der Waals surface area contributed by atoms with Gasteiger partial charge in [-0.3, -0.25) is 9.69 Å². The normalized spacial score (nSPS) is 25.9. The molecule has 2 aliphatic rings. The Morgan fingerprint density at radius 1 is 1.31 bits per heavy atom. The first-order chi connectivity index (χ1) is 13.9. The highest BCUT2D eigenvalue weighted by molar-refractivity contribution is 7.18. The van der Waals surface area contributed by atoms with Crippen molar-refractivity contribution in [1.29, 1.82) is 0 Å². The van der Waals surface area contributed by atoms with Crippen LogP contribution in [0.15, 0.2) is 24.3 Å². The fourth-order valence-electron chi connectivity index (χ4n) is 4.27. The molecule has 0 spiro atoms. The van der Waals surface area contributed by atoms with E-state index < -0.39 is 5.54 Å². The van der Waals surface area contributed by atoms with Crippen molar-refractivity contribution in [3.8, 4) is 0 Å². The van der Waals surface area contributed by atoms with Gasteiger partial charge in [-0.1, -0.05) is 26.0 Å². The standard InChI is InChI=1S/C22H30N4O2S/c1-15(2)10-11-22(3)20(27)26(21(28)24-22)14-25-12-6-7-16(13-25)19-23-17-8-4-5-9-18(17)29-19/h4-5,8-9,15-16H,6-7,10-14H2,1-3H3,(H,24,28)/t16-,22-/m0/s1. The van der Waals surface area contributed by atoms with Crippen LogP contribution in [0.25, 0.3) is 10.2 Å². The third-order valence-electron chi connectivity index (χ3n) is 6.07. The van der Waals surface area contributed by atoms with Crippen LogP contribution >= 0.6 is 11.3 Å². The molecular formula is C22H30N4O2S. The number of para-hydroxylation sites is 1. The molecule has 0 unspecified atom stereocenters. The summed E-state index contributed by atoms with van der Waals surface area (Å²) in [6.45, 7) is 8.23. The Bertz CT molecular complexity index is 878. The maximum atomic E-state index is 13.0. The molecule has 6 nitrogen and oxygen atoms in total. The van der Waals surface area contributed by atoms with Crippen LogP contribution in [-0.2, 0) is 4.79 Å². The van der Waals surface area contributed by atoms with Gasteiger partial charge in [-0.05, 0) is 57.2 Å². The Morgan fingerprint density at radius 2 is 2.10 bits per heavy atom. The van der Waals surface area contributed by atoms with Crippen LogP contribution in [0.5, 0.6) is 0 Å². The number of urea groups is 1. The van der Waals surface area contributed by atoms with Crippen LogP contribution in [0.2, 0.25) is 0 Å². The number of carbonyl (C=O) groups excluding carboxylic acids is 2. The highest BCUT2D eigenvalue weighted by Crippen LogP contribution is 2.33. The van der Waals surface area contributed by atoms with Crippen molar-refractivity contribution in [2.24, 2.45) is 5.92 Å². The second-order valence-electron chi connectivity index (χ2n) is 9.01. The molecule has 1 aromatic heterocycles. The van der Waals surface area contributed by atoms with Gasteiger partial charge in [0.1, 0.15) is 5.54 Å². The average molecular weight is 415 g/mol. The van der Waals surface area contributed by atoms with E-state index in [-0.39, 0.29) is 11.9 Å². The molecule has 1 N–H and O–H groups in total. The molecule has 2 atom stereocenters. The first-order valence-corrected chi connectivity index (χ1v) is 11.4. The molecule has 0 saturated carbocycles. The van der Waals surface area contributed by atoms with Gasteiger partial charge >= 0.3 is 6.03 Å². The van der Waals surface area contributed by atoms with E-state index in [1.54, 1.807) is 11.3 Å². The third-order valence-corrected chi connectivity index (χ3v) is 7.27. The maximum Gasteiger partial charge on any atom is 0.326 e.